The van der Waals surface area contributed by atoms with E-state index in [1.807, 2.05) is 12.1 Å². The van der Waals surface area contributed by atoms with Crippen LogP contribution in [0.2, 0.25) is 0 Å². The fourth-order valence-electron chi connectivity index (χ4n) is 3.43. The Hall–Kier alpha value is -2.25. The Labute approximate surface area is 152 Å². The van der Waals surface area contributed by atoms with Crippen molar-refractivity contribution in [3.8, 4) is 0 Å². The van der Waals surface area contributed by atoms with Crippen LogP contribution in [0.1, 0.15) is 19.5 Å². The van der Waals surface area contributed by atoms with Crippen molar-refractivity contribution in [2.24, 2.45) is 5.92 Å². The molecule has 1 amide bonds. The lowest BCUT2D eigenvalue weighted by molar-refractivity contribution is -0.120. The number of nitrogens with zero attached hydrogens (tertiary/aromatic N) is 2. The predicted molar refractivity (Wildman–Crippen MR) is 100 cm³/mol. The zero-order valence-corrected chi connectivity index (χ0v) is 15.3. The van der Waals surface area contributed by atoms with Crippen LogP contribution in [-0.2, 0) is 16.0 Å². The summed E-state index contributed by atoms with van der Waals surface area (Å²) >= 11 is 0. The fraction of sp³-hybridized carbons (Fsp3) is 0.526. The van der Waals surface area contributed by atoms with E-state index in [9.17, 15) is 9.59 Å². The van der Waals surface area contributed by atoms with Crippen molar-refractivity contribution in [1.29, 1.82) is 0 Å². The number of amides is 1. The Morgan fingerprint density at radius 1 is 1.27 bits per heavy atom. The summed E-state index contributed by atoms with van der Waals surface area (Å²) in [5.74, 6) is 0.342. The van der Waals surface area contributed by atoms with E-state index < -0.39 is 0 Å². The Bertz CT molecular complexity index is 812. The number of morpholine rings is 1. The number of aromatic amines is 1. The van der Waals surface area contributed by atoms with Crippen molar-refractivity contribution < 1.29 is 9.53 Å². The number of benzene rings is 1. The Kier molecular flexibility index (Phi) is 6.00. The number of nitrogens with one attached hydrogen (secondary N) is 2. The van der Waals surface area contributed by atoms with Gasteiger partial charge in [0.05, 0.1) is 30.7 Å². The first-order valence-corrected chi connectivity index (χ1v) is 9.11. The molecule has 1 saturated heterocycles. The maximum Gasteiger partial charge on any atom is 0.272 e. The minimum Gasteiger partial charge on any atom is -0.379 e. The monoisotopic (exact) mass is 358 g/mol. The van der Waals surface area contributed by atoms with Crippen molar-refractivity contribution in [1.82, 2.24) is 20.4 Å². The summed E-state index contributed by atoms with van der Waals surface area (Å²) in [6.45, 7) is 8.20. The zero-order valence-electron chi connectivity index (χ0n) is 15.3. The molecule has 26 heavy (non-hydrogen) atoms. The van der Waals surface area contributed by atoms with Crippen LogP contribution >= 0.6 is 0 Å². The highest BCUT2D eigenvalue weighted by Gasteiger charge is 2.24. The molecule has 1 aromatic carbocycles. The van der Waals surface area contributed by atoms with Crippen LogP contribution in [0.4, 0.5) is 0 Å². The molecule has 2 aromatic rings. The lowest BCUT2D eigenvalue weighted by Crippen LogP contribution is -2.51. The van der Waals surface area contributed by atoms with E-state index in [1.54, 1.807) is 12.1 Å². The summed E-state index contributed by atoms with van der Waals surface area (Å²) < 4.78 is 5.42. The van der Waals surface area contributed by atoms with E-state index in [0.29, 0.717) is 23.5 Å². The third kappa shape index (κ3) is 4.28. The molecule has 7 nitrogen and oxygen atoms in total. The molecule has 0 aliphatic carbocycles. The highest BCUT2D eigenvalue weighted by atomic mass is 16.5. The van der Waals surface area contributed by atoms with Crippen LogP contribution < -0.4 is 10.9 Å². The number of hydrogen-bond donors (Lipinski definition) is 2. The van der Waals surface area contributed by atoms with Gasteiger partial charge >= 0.3 is 0 Å². The molecule has 2 heterocycles. The maximum absolute atomic E-state index is 12.5. The van der Waals surface area contributed by atoms with Crippen LogP contribution in [0.15, 0.2) is 29.1 Å². The number of rotatable bonds is 6. The molecule has 1 unspecified atom stereocenters. The summed E-state index contributed by atoms with van der Waals surface area (Å²) in [6, 6.07) is 7.49. The third-order valence-electron chi connectivity index (χ3n) is 4.90. The van der Waals surface area contributed by atoms with Crippen molar-refractivity contribution in [3.63, 3.8) is 0 Å². The molecular formula is C19H26N4O3. The zero-order chi connectivity index (χ0) is 18.5. The SMILES string of the molecule is CC(C)C(CNC(=O)Cc1n[nH]c(=O)c2ccccc12)N1CCOCC1. The molecular weight excluding hydrogens is 332 g/mol. The normalized spacial score (nSPS) is 16.7. The number of ether oxygens (including phenoxy) is 1. The van der Waals surface area contributed by atoms with Crippen LogP contribution in [0.25, 0.3) is 10.8 Å². The summed E-state index contributed by atoms with van der Waals surface area (Å²) in [6.07, 6.45) is 0.144. The molecule has 2 N–H and O–H groups in total. The number of H-pyrrole nitrogens is 1. The second-order valence-electron chi connectivity index (χ2n) is 6.99. The molecule has 7 heteroatoms. The molecule has 3 rings (SSSR count). The summed E-state index contributed by atoms with van der Waals surface area (Å²) in [4.78, 5) is 26.7. The molecule has 1 aliphatic heterocycles. The van der Waals surface area contributed by atoms with Crippen LogP contribution in [-0.4, -0.2) is 59.9 Å². The van der Waals surface area contributed by atoms with Gasteiger partial charge in [0, 0.05) is 31.1 Å². The predicted octanol–water partition coefficient (Wildman–Crippen LogP) is 0.939. The molecule has 140 valence electrons. The number of carbonyl (C=O) groups excluding carboxylic acids is 1. The van der Waals surface area contributed by atoms with Gasteiger partial charge in [0.25, 0.3) is 5.56 Å². The molecule has 0 radical (unpaired) electrons. The molecule has 1 atom stereocenters. The molecule has 1 fully saturated rings. The van der Waals surface area contributed by atoms with E-state index in [0.717, 1.165) is 31.7 Å². The van der Waals surface area contributed by atoms with Crippen LogP contribution in [0.3, 0.4) is 0 Å². The van der Waals surface area contributed by atoms with Gasteiger partial charge in [-0.25, -0.2) is 5.10 Å². The van der Waals surface area contributed by atoms with Gasteiger partial charge in [0.1, 0.15) is 0 Å². The van der Waals surface area contributed by atoms with Crippen molar-refractivity contribution in [3.05, 3.63) is 40.3 Å². The topological polar surface area (TPSA) is 87.3 Å². The molecule has 0 bridgehead atoms. The van der Waals surface area contributed by atoms with Gasteiger partial charge in [-0.2, -0.15) is 5.10 Å². The quantitative estimate of drug-likeness (QED) is 0.802. The summed E-state index contributed by atoms with van der Waals surface area (Å²) in [5, 5.41) is 10.9. The molecule has 0 saturated carbocycles. The standard InChI is InChI=1S/C19H26N4O3/c1-13(2)17(23-7-9-26-10-8-23)12-20-18(24)11-16-14-5-3-4-6-15(14)19(25)22-21-16/h3-6,13,17H,7-12H2,1-2H3,(H,20,24)(H,22,25). The summed E-state index contributed by atoms with van der Waals surface area (Å²) in [7, 11) is 0. The Morgan fingerprint density at radius 2 is 1.96 bits per heavy atom. The largest absolute Gasteiger partial charge is 0.379 e. The minimum atomic E-state index is -0.239. The first-order valence-electron chi connectivity index (χ1n) is 9.11. The van der Waals surface area contributed by atoms with Crippen LogP contribution in [0.5, 0.6) is 0 Å². The number of carbonyl (C=O) groups is 1. The average Bonchev–Trinajstić information content (AvgIpc) is 2.65. The number of fused-ring (bicyclic) bond motifs is 1. The molecule has 0 spiro atoms. The van der Waals surface area contributed by atoms with E-state index >= 15 is 0 Å². The van der Waals surface area contributed by atoms with Gasteiger partial charge < -0.3 is 10.1 Å². The van der Waals surface area contributed by atoms with E-state index in [-0.39, 0.29) is 23.9 Å². The third-order valence-corrected chi connectivity index (χ3v) is 4.90. The maximum atomic E-state index is 12.5. The Balaban J connectivity index is 1.65. The second-order valence-corrected chi connectivity index (χ2v) is 6.99. The van der Waals surface area contributed by atoms with E-state index in [2.05, 4.69) is 34.3 Å². The fourth-order valence-corrected chi connectivity index (χ4v) is 3.43. The minimum absolute atomic E-state index is 0.0892. The van der Waals surface area contributed by atoms with Gasteiger partial charge in [-0.3, -0.25) is 14.5 Å². The first kappa shape index (κ1) is 18.5. The van der Waals surface area contributed by atoms with Gasteiger partial charge in [-0.1, -0.05) is 32.0 Å². The van der Waals surface area contributed by atoms with Gasteiger partial charge in [-0.05, 0) is 12.0 Å². The highest BCUT2D eigenvalue weighted by Crippen LogP contribution is 2.14. The molecule has 1 aromatic heterocycles. The van der Waals surface area contributed by atoms with E-state index in [1.165, 1.54) is 0 Å². The smallest absolute Gasteiger partial charge is 0.272 e. The summed E-state index contributed by atoms with van der Waals surface area (Å²) in [5.41, 5.74) is 0.349. The van der Waals surface area contributed by atoms with Crippen molar-refractivity contribution in [2.45, 2.75) is 26.3 Å². The van der Waals surface area contributed by atoms with Crippen molar-refractivity contribution >= 4 is 16.7 Å². The Morgan fingerprint density at radius 3 is 2.65 bits per heavy atom. The highest BCUT2D eigenvalue weighted by molar-refractivity contribution is 5.88. The van der Waals surface area contributed by atoms with E-state index in [4.69, 9.17) is 4.74 Å². The lowest BCUT2D eigenvalue weighted by Gasteiger charge is -2.36. The van der Waals surface area contributed by atoms with Gasteiger partial charge in [0.15, 0.2) is 0 Å². The number of hydrogen-bond acceptors (Lipinski definition) is 5. The van der Waals surface area contributed by atoms with Gasteiger partial charge in [0.2, 0.25) is 5.91 Å². The second kappa shape index (κ2) is 8.42. The lowest BCUT2D eigenvalue weighted by atomic mass is 10.0. The van der Waals surface area contributed by atoms with Gasteiger partial charge in [-0.15, -0.1) is 0 Å². The average molecular weight is 358 g/mol. The molecule has 1 aliphatic rings. The number of aromatic nitrogens is 2. The van der Waals surface area contributed by atoms with Crippen LogP contribution in [0, 0.1) is 5.92 Å². The first-order chi connectivity index (χ1) is 12.6. The van der Waals surface area contributed by atoms with Crippen molar-refractivity contribution in [2.75, 3.05) is 32.8 Å².